The fourth-order valence-corrected chi connectivity index (χ4v) is 3.13. The molecule has 1 aromatic heterocycles. The van der Waals surface area contributed by atoms with Crippen molar-refractivity contribution in [3.63, 3.8) is 0 Å². The van der Waals surface area contributed by atoms with Crippen molar-refractivity contribution in [1.82, 2.24) is 15.2 Å². The van der Waals surface area contributed by atoms with Crippen LogP contribution >= 0.6 is 11.8 Å². The zero-order valence-electron chi connectivity index (χ0n) is 12.8. The van der Waals surface area contributed by atoms with Crippen LogP contribution < -0.4 is 0 Å². The van der Waals surface area contributed by atoms with Crippen LogP contribution in [-0.4, -0.2) is 15.2 Å². The molecule has 0 saturated heterocycles. The van der Waals surface area contributed by atoms with E-state index in [0.717, 1.165) is 23.2 Å². The number of benzene rings is 2. The van der Waals surface area contributed by atoms with Gasteiger partial charge < -0.3 is 0 Å². The molecule has 22 heavy (non-hydrogen) atoms. The molecule has 0 saturated carbocycles. The van der Waals surface area contributed by atoms with Gasteiger partial charge in [0.05, 0.1) is 0 Å². The number of aromatic nitrogens is 3. The molecule has 3 nitrogen and oxygen atoms in total. The summed E-state index contributed by atoms with van der Waals surface area (Å²) in [5, 5.41) is 8.15. The molecule has 0 fully saturated rings. The van der Waals surface area contributed by atoms with E-state index in [-0.39, 0.29) is 0 Å². The first-order chi connectivity index (χ1) is 10.7. The van der Waals surface area contributed by atoms with Crippen LogP contribution in [0.25, 0.3) is 0 Å². The van der Waals surface area contributed by atoms with Crippen molar-refractivity contribution in [2.75, 3.05) is 0 Å². The van der Waals surface area contributed by atoms with Crippen LogP contribution in [-0.2, 0) is 12.2 Å². The van der Waals surface area contributed by atoms with E-state index in [9.17, 15) is 0 Å². The monoisotopic (exact) mass is 309 g/mol. The number of H-pyrrole nitrogens is 1. The summed E-state index contributed by atoms with van der Waals surface area (Å²) in [7, 11) is 0. The average Bonchev–Trinajstić information content (AvgIpc) is 2.96. The molecule has 112 valence electrons. The Balaban J connectivity index is 1.61. The van der Waals surface area contributed by atoms with Gasteiger partial charge in [-0.05, 0) is 30.5 Å². The Bertz CT molecular complexity index is 747. The Kier molecular flexibility index (Phi) is 4.59. The molecule has 3 aromatic rings. The molecule has 2 aromatic carbocycles. The van der Waals surface area contributed by atoms with Gasteiger partial charge in [-0.2, -0.15) is 0 Å². The Labute approximate surface area is 135 Å². The van der Waals surface area contributed by atoms with Crippen molar-refractivity contribution in [1.29, 1.82) is 0 Å². The highest BCUT2D eigenvalue weighted by atomic mass is 32.2. The Morgan fingerprint density at radius 3 is 2.55 bits per heavy atom. The van der Waals surface area contributed by atoms with Crippen LogP contribution in [0.2, 0.25) is 0 Å². The van der Waals surface area contributed by atoms with E-state index < -0.39 is 0 Å². The summed E-state index contributed by atoms with van der Waals surface area (Å²) in [6.07, 6.45) is 0.790. The third-order valence-electron chi connectivity index (χ3n) is 3.62. The van der Waals surface area contributed by atoms with Crippen LogP contribution in [0, 0.1) is 13.8 Å². The number of nitrogens with zero attached hydrogens (tertiary/aromatic N) is 2. The molecule has 0 radical (unpaired) electrons. The van der Waals surface area contributed by atoms with Gasteiger partial charge in [-0.15, -0.1) is 5.10 Å². The summed E-state index contributed by atoms with van der Waals surface area (Å²) in [6.45, 7) is 4.23. The first kappa shape index (κ1) is 14.9. The van der Waals surface area contributed by atoms with Gasteiger partial charge in [-0.3, -0.25) is 5.10 Å². The molecular formula is C18H19N3S. The van der Waals surface area contributed by atoms with E-state index in [1.165, 1.54) is 22.3 Å². The zero-order valence-corrected chi connectivity index (χ0v) is 13.7. The third kappa shape index (κ3) is 3.77. The number of aromatic amines is 1. The highest BCUT2D eigenvalue weighted by Gasteiger charge is 2.06. The number of hydrogen-bond donors (Lipinski definition) is 1. The third-order valence-corrected chi connectivity index (χ3v) is 4.52. The van der Waals surface area contributed by atoms with Crippen molar-refractivity contribution in [3.8, 4) is 0 Å². The van der Waals surface area contributed by atoms with Crippen molar-refractivity contribution < 1.29 is 0 Å². The molecule has 0 spiro atoms. The van der Waals surface area contributed by atoms with Gasteiger partial charge in [-0.1, -0.05) is 65.9 Å². The topological polar surface area (TPSA) is 41.6 Å². The molecule has 0 atom stereocenters. The fourth-order valence-electron chi connectivity index (χ4n) is 2.24. The molecule has 0 aliphatic heterocycles. The van der Waals surface area contributed by atoms with E-state index in [0.29, 0.717) is 0 Å². The summed E-state index contributed by atoms with van der Waals surface area (Å²) in [4.78, 5) is 4.57. The fraction of sp³-hybridized carbons (Fsp3) is 0.222. The molecule has 0 aliphatic rings. The second-order valence-electron chi connectivity index (χ2n) is 5.44. The lowest BCUT2D eigenvalue weighted by molar-refractivity contribution is 0.956. The van der Waals surface area contributed by atoms with E-state index in [4.69, 9.17) is 0 Å². The molecule has 0 unspecified atom stereocenters. The first-order valence-corrected chi connectivity index (χ1v) is 8.33. The lowest BCUT2D eigenvalue weighted by atomic mass is 10.1. The smallest absolute Gasteiger partial charge is 0.208 e. The maximum atomic E-state index is 4.57. The van der Waals surface area contributed by atoms with Crippen molar-refractivity contribution in [2.24, 2.45) is 0 Å². The van der Waals surface area contributed by atoms with Gasteiger partial charge in [0.25, 0.3) is 0 Å². The minimum atomic E-state index is 0.790. The predicted octanol–water partition coefficient (Wildman–Crippen LogP) is 4.30. The summed E-state index contributed by atoms with van der Waals surface area (Å²) in [5.74, 6) is 1.81. The van der Waals surface area contributed by atoms with Crippen molar-refractivity contribution in [2.45, 2.75) is 31.2 Å². The summed E-state index contributed by atoms with van der Waals surface area (Å²) < 4.78 is 0. The van der Waals surface area contributed by atoms with E-state index in [2.05, 4.69) is 77.6 Å². The molecule has 0 bridgehead atoms. The quantitative estimate of drug-likeness (QED) is 0.714. The van der Waals surface area contributed by atoms with E-state index in [1.807, 2.05) is 0 Å². The van der Waals surface area contributed by atoms with Crippen LogP contribution in [0.5, 0.6) is 0 Å². The van der Waals surface area contributed by atoms with Gasteiger partial charge >= 0.3 is 0 Å². The molecule has 1 N–H and O–H groups in total. The number of rotatable bonds is 5. The Hall–Kier alpha value is -2.07. The van der Waals surface area contributed by atoms with Crippen LogP contribution in [0.1, 0.15) is 28.1 Å². The Morgan fingerprint density at radius 1 is 1.00 bits per heavy atom. The maximum absolute atomic E-state index is 4.57. The lowest BCUT2D eigenvalue weighted by Gasteiger charge is -2.02. The SMILES string of the molecule is Cc1ccc(Cc2nc(SCc3ccccc3C)n[nH]2)cc1. The van der Waals surface area contributed by atoms with Gasteiger partial charge in [0.15, 0.2) is 0 Å². The van der Waals surface area contributed by atoms with Gasteiger partial charge in [0.2, 0.25) is 5.16 Å². The van der Waals surface area contributed by atoms with E-state index in [1.54, 1.807) is 11.8 Å². The van der Waals surface area contributed by atoms with Crippen LogP contribution in [0.4, 0.5) is 0 Å². The predicted molar refractivity (Wildman–Crippen MR) is 91.1 cm³/mol. The highest BCUT2D eigenvalue weighted by Crippen LogP contribution is 2.21. The van der Waals surface area contributed by atoms with Crippen molar-refractivity contribution in [3.05, 3.63) is 76.6 Å². The summed E-state index contributed by atoms with van der Waals surface area (Å²) in [6, 6.07) is 17.0. The van der Waals surface area contributed by atoms with E-state index >= 15 is 0 Å². The number of aryl methyl sites for hydroxylation is 2. The largest absolute Gasteiger partial charge is 0.262 e. The van der Waals surface area contributed by atoms with Crippen LogP contribution in [0.3, 0.4) is 0 Å². The first-order valence-electron chi connectivity index (χ1n) is 7.35. The zero-order chi connectivity index (χ0) is 15.4. The molecule has 0 aliphatic carbocycles. The number of thioether (sulfide) groups is 1. The van der Waals surface area contributed by atoms with Gasteiger partial charge in [0.1, 0.15) is 5.82 Å². The standard InChI is InChI=1S/C18H19N3S/c1-13-7-9-15(10-8-13)11-17-19-18(21-20-17)22-12-16-6-4-3-5-14(16)2/h3-10H,11-12H2,1-2H3,(H,19,20,21). The summed E-state index contributed by atoms with van der Waals surface area (Å²) >= 11 is 1.67. The Morgan fingerprint density at radius 2 is 1.77 bits per heavy atom. The van der Waals surface area contributed by atoms with Gasteiger partial charge in [0, 0.05) is 12.2 Å². The molecule has 0 amide bonds. The molecule has 4 heteroatoms. The van der Waals surface area contributed by atoms with Crippen molar-refractivity contribution >= 4 is 11.8 Å². The number of hydrogen-bond acceptors (Lipinski definition) is 3. The lowest BCUT2D eigenvalue weighted by Crippen LogP contribution is -1.91. The molecule has 1 heterocycles. The summed E-state index contributed by atoms with van der Waals surface area (Å²) in [5.41, 5.74) is 5.16. The van der Waals surface area contributed by atoms with Gasteiger partial charge in [-0.25, -0.2) is 4.98 Å². The van der Waals surface area contributed by atoms with Crippen LogP contribution in [0.15, 0.2) is 53.7 Å². The minimum Gasteiger partial charge on any atom is -0.262 e. The normalized spacial score (nSPS) is 10.8. The average molecular weight is 309 g/mol. The maximum Gasteiger partial charge on any atom is 0.208 e. The molecular weight excluding hydrogens is 290 g/mol. The second kappa shape index (κ2) is 6.79. The number of nitrogens with one attached hydrogen (secondary N) is 1. The highest BCUT2D eigenvalue weighted by molar-refractivity contribution is 7.98. The molecule has 3 rings (SSSR count). The minimum absolute atomic E-state index is 0.790. The second-order valence-corrected chi connectivity index (χ2v) is 6.38.